The van der Waals surface area contributed by atoms with Gasteiger partial charge in [0.05, 0.1) is 11.1 Å². The first-order valence-electron chi connectivity index (χ1n) is 4.04. The van der Waals surface area contributed by atoms with Crippen molar-refractivity contribution in [3.05, 3.63) is 22.4 Å². The minimum Gasteiger partial charge on any atom is -0.491 e. The molecule has 2 N–H and O–H groups in total. The maximum atomic E-state index is 13.4. The molecule has 14 heavy (non-hydrogen) atoms. The van der Waals surface area contributed by atoms with Crippen LogP contribution < -0.4 is 10.2 Å². The van der Waals surface area contributed by atoms with E-state index in [0.717, 1.165) is 0 Å². The van der Waals surface area contributed by atoms with Crippen molar-refractivity contribution in [2.75, 3.05) is 6.61 Å². The minimum atomic E-state index is -1.74. The van der Waals surface area contributed by atoms with E-state index in [1.54, 1.807) is 6.92 Å². The fraction of sp³-hybridized carbons (Fsp3) is 0.250. The van der Waals surface area contributed by atoms with Crippen LogP contribution in [0.25, 0.3) is 0 Å². The van der Waals surface area contributed by atoms with Gasteiger partial charge in [0.25, 0.3) is 0 Å². The fourth-order valence-electron chi connectivity index (χ4n) is 1.04. The number of hydrogen-bond acceptors (Lipinski definition) is 3. The van der Waals surface area contributed by atoms with Crippen molar-refractivity contribution < 1.29 is 19.2 Å². The Labute approximate surface area is 89.8 Å². The molecule has 0 atom stereocenters. The molecule has 0 aliphatic rings. The molecule has 0 aliphatic carbocycles. The van der Waals surface area contributed by atoms with Gasteiger partial charge in [-0.1, -0.05) is 6.07 Å². The van der Waals surface area contributed by atoms with Crippen LogP contribution in [-0.4, -0.2) is 23.8 Å². The zero-order valence-corrected chi connectivity index (χ0v) is 9.08. The van der Waals surface area contributed by atoms with Gasteiger partial charge in [-0.3, -0.25) is 0 Å². The van der Waals surface area contributed by atoms with Crippen molar-refractivity contribution in [1.82, 2.24) is 0 Å². The van der Waals surface area contributed by atoms with E-state index >= 15 is 0 Å². The molecular weight excluding hydrogens is 254 g/mol. The van der Waals surface area contributed by atoms with Gasteiger partial charge >= 0.3 is 7.12 Å². The first-order valence-corrected chi connectivity index (χ1v) is 4.84. The van der Waals surface area contributed by atoms with Crippen LogP contribution in [0.15, 0.2) is 16.6 Å². The second-order valence-electron chi connectivity index (χ2n) is 2.59. The molecule has 0 heterocycles. The van der Waals surface area contributed by atoms with Crippen molar-refractivity contribution in [2.24, 2.45) is 0 Å². The van der Waals surface area contributed by atoms with E-state index in [2.05, 4.69) is 15.9 Å². The molecular formula is C8H9BBrFO3. The highest BCUT2D eigenvalue weighted by Gasteiger charge is 2.21. The lowest BCUT2D eigenvalue weighted by molar-refractivity contribution is 0.321. The molecule has 0 bridgehead atoms. The first-order chi connectivity index (χ1) is 6.57. The molecule has 1 aromatic carbocycles. The highest BCUT2D eigenvalue weighted by molar-refractivity contribution is 9.10. The Morgan fingerprint density at radius 2 is 2.14 bits per heavy atom. The lowest BCUT2D eigenvalue weighted by Gasteiger charge is -2.11. The average Bonchev–Trinajstić information content (AvgIpc) is 2.13. The van der Waals surface area contributed by atoms with Crippen LogP contribution in [0.4, 0.5) is 4.39 Å². The summed E-state index contributed by atoms with van der Waals surface area (Å²) in [6.45, 7) is 1.95. The number of ether oxygens (including phenoxy) is 1. The summed E-state index contributed by atoms with van der Waals surface area (Å²) in [5.74, 6) is -0.755. The van der Waals surface area contributed by atoms with E-state index in [0.29, 0.717) is 0 Å². The van der Waals surface area contributed by atoms with Crippen molar-refractivity contribution >= 4 is 28.5 Å². The van der Waals surface area contributed by atoms with Crippen molar-refractivity contribution in [2.45, 2.75) is 6.92 Å². The molecule has 0 saturated heterocycles. The highest BCUT2D eigenvalue weighted by Crippen LogP contribution is 2.23. The maximum Gasteiger partial charge on any atom is 0.492 e. The summed E-state index contributed by atoms with van der Waals surface area (Å²) in [6.07, 6.45) is 0. The third kappa shape index (κ3) is 2.26. The topological polar surface area (TPSA) is 49.7 Å². The monoisotopic (exact) mass is 262 g/mol. The molecule has 0 aliphatic heterocycles. The van der Waals surface area contributed by atoms with Crippen LogP contribution in [0.3, 0.4) is 0 Å². The Morgan fingerprint density at radius 1 is 1.50 bits per heavy atom. The number of benzene rings is 1. The maximum absolute atomic E-state index is 13.4. The molecule has 1 aromatic rings. The van der Waals surface area contributed by atoms with Gasteiger partial charge in [-0.05, 0) is 28.9 Å². The summed E-state index contributed by atoms with van der Waals surface area (Å²) < 4.78 is 18.6. The van der Waals surface area contributed by atoms with E-state index < -0.39 is 12.9 Å². The Balaban J connectivity index is 3.22. The van der Waals surface area contributed by atoms with Gasteiger partial charge in [-0.25, -0.2) is 4.39 Å². The van der Waals surface area contributed by atoms with E-state index in [1.165, 1.54) is 12.1 Å². The number of halogens is 2. The van der Waals surface area contributed by atoms with Crippen LogP contribution in [0.1, 0.15) is 6.92 Å². The Hall–Kier alpha value is -0.585. The summed E-state index contributed by atoms with van der Waals surface area (Å²) in [4.78, 5) is 0. The Kier molecular flexibility index (Phi) is 3.91. The summed E-state index contributed by atoms with van der Waals surface area (Å²) in [7, 11) is -1.74. The van der Waals surface area contributed by atoms with Gasteiger partial charge in [-0.15, -0.1) is 0 Å². The summed E-state index contributed by atoms with van der Waals surface area (Å²) >= 11 is 2.98. The lowest BCUT2D eigenvalue weighted by Crippen LogP contribution is -2.32. The third-order valence-electron chi connectivity index (χ3n) is 1.65. The summed E-state index contributed by atoms with van der Waals surface area (Å²) in [5, 5.41) is 17.9. The smallest absolute Gasteiger partial charge is 0.491 e. The number of hydrogen-bond donors (Lipinski definition) is 2. The largest absolute Gasteiger partial charge is 0.492 e. The van der Waals surface area contributed by atoms with Gasteiger partial charge < -0.3 is 14.8 Å². The van der Waals surface area contributed by atoms with E-state index in [-0.39, 0.29) is 22.3 Å². The van der Waals surface area contributed by atoms with E-state index in [1.807, 2.05) is 0 Å². The van der Waals surface area contributed by atoms with Gasteiger partial charge in [-0.2, -0.15) is 0 Å². The normalized spacial score (nSPS) is 10.1. The van der Waals surface area contributed by atoms with Crippen LogP contribution in [0.5, 0.6) is 5.75 Å². The molecule has 0 radical (unpaired) electrons. The van der Waals surface area contributed by atoms with Crippen LogP contribution in [0, 0.1) is 5.82 Å². The standard InChI is InChI=1S/C8H9BBrFO3/c1-2-14-8-5(9(12)13)3-4-6(10)7(8)11/h3-4,12-13H,2H2,1H3. The Morgan fingerprint density at radius 3 is 2.64 bits per heavy atom. The summed E-state index contributed by atoms with van der Waals surface area (Å²) in [6, 6.07) is 2.79. The van der Waals surface area contributed by atoms with Crippen molar-refractivity contribution in [3.8, 4) is 5.75 Å². The zero-order valence-electron chi connectivity index (χ0n) is 7.50. The number of rotatable bonds is 3. The first kappa shape index (κ1) is 11.5. The van der Waals surface area contributed by atoms with Gasteiger partial charge in [0.1, 0.15) is 0 Å². The predicted molar refractivity (Wildman–Crippen MR) is 55.1 cm³/mol. The van der Waals surface area contributed by atoms with E-state index in [9.17, 15) is 4.39 Å². The SMILES string of the molecule is CCOc1c(B(O)O)ccc(Br)c1F. The molecule has 0 aromatic heterocycles. The quantitative estimate of drug-likeness (QED) is 0.788. The fourth-order valence-corrected chi connectivity index (χ4v) is 1.35. The van der Waals surface area contributed by atoms with Crippen LogP contribution in [-0.2, 0) is 0 Å². The molecule has 3 nitrogen and oxygen atoms in total. The second kappa shape index (κ2) is 4.77. The zero-order chi connectivity index (χ0) is 10.7. The van der Waals surface area contributed by atoms with Crippen LogP contribution >= 0.6 is 15.9 Å². The van der Waals surface area contributed by atoms with Crippen LogP contribution in [0.2, 0.25) is 0 Å². The summed E-state index contributed by atoms with van der Waals surface area (Å²) in [5.41, 5.74) is 0.0209. The molecule has 0 fully saturated rings. The molecule has 6 heteroatoms. The van der Waals surface area contributed by atoms with Crippen molar-refractivity contribution in [3.63, 3.8) is 0 Å². The lowest BCUT2D eigenvalue weighted by atomic mass is 9.79. The predicted octanol–water partition coefficient (Wildman–Crippen LogP) is 0.667. The van der Waals surface area contributed by atoms with Gasteiger partial charge in [0.15, 0.2) is 11.6 Å². The van der Waals surface area contributed by atoms with Crippen molar-refractivity contribution in [1.29, 1.82) is 0 Å². The average molecular weight is 263 g/mol. The molecule has 0 amide bonds. The molecule has 0 spiro atoms. The van der Waals surface area contributed by atoms with E-state index in [4.69, 9.17) is 14.8 Å². The van der Waals surface area contributed by atoms with Gasteiger partial charge in [0.2, 0.25) is 0 Å². The molecule has 1 rings (SSSR count). The molecule has 0 saturated carbocycles. The minimum absolute atomic E-state index is 0.0209. The molecule has 76 valence electrons. The third-order valence-corrected chi connectivity index (χ3v) is 2.26. The molecule has 0 unspecified atom stereocenters. The highest BCUT2D eigenvalue weighted by atomic mass is 79.9. The van der Waals surface area contributed by atoms with Gasteiger partial charge in [0, 0.05) is 5.46 Å². The second-order valence-corrected chi connectivity index (χ2v) is 3.44. The Bertz CT molecular complexity index is 333.